The molecule has 1 atom stereocenters. The molecule has 1 amide bonds. The Morgan fingerprint density at radius 2 is 1.59 bits per heavy atom. The Kier molecular flexibility index (Phi) is 5.44. The molecule has 0 spiro atoms. The predicted molar refractivity (Wildman–Crippen MR) is 106 cm³/mol. The molecule has 1 fully saturated rings. The number of amides is 1. The molecule has 142 valence electrons. The summed E-state index contributed by atoms with van der Waals surface area (Å²) in [6, 6.07) is 15.7. The first-order valence-electron chi connectivity index (χ1n) is 10.1. The van der Waals surface area contributed by atoms with E-state index in [2.05, 4.69) is 34.1 Å². The van der Waals surface area contributed by atoms with Crippen LogP contribution in [0.1, 0.15) is 42.4 Å². The van der Waals surface area contributed by atoms with E-state index < -0.39 is 0 Å². The monoisotopic (exact) mass is 364 g/mol. The number of carbonyl (C=O) groups excluding carboxylic acids is 1. The van der Waals surface area contributed by atoms with Crippen molar-refractivity contribution in [2.24, 2.45) is 0 Å². The number of hydrogen-bond donors (Lipinski definition) is 1. The molecule has 0 aliphatic carbocycles. The van der Waals surface area contributed by atoms with E-state index in [1.54, 1.807) is 12.1 Å². The Balaban J connectivity index is 1.58. The lowest BCUT2D eigenvalue weighted by Gasteiger charge is -2.38. The Labute approximate surface area is 161 Å². The SMILES string of the molecule is O=C(C1Cc2ccccc2CN1Cc1ccc(O)cc1)N1CCCCCC1. The fourth-order valence-corrected chi connectivity index (χ4v) is 4.32. The smallest absolute Gasteiger partial charge is 0.240 e. The number of nitrogens with zero attached hydrogens (tertiary/aromatic N) is 2. The molecule has 0 radical (unpaired) electrons. The molecular formula is C23H28N2O2. The van der Waals surface area contributed by atoms with Crippen molar-refractivity contribution < 1.29 is 9.90 Å². The zero-order valence-electron chi connectivity index (χ0n) is 15.8. The largest absolute Gasteiger partial charge is 0.508 e. The number of hydrogen-bond acceptors (Lipinski definition) is 3. The first-order valence-corrected chi connectivity index (χ1v) is 10.1. The van der Waals surface area contributed by atoms with Gasteiger partial charge < -0.3 is 10.0 Å². The van der Waals surface area contributed by atoms with Gasteiger partial charge in [-0.1, -0.05) is 49.2 Å². The number of aromatic hydroxyl groups is 1. The summed E-state index contributed by atoms with van der Waals surface area (Å²) in [5, 5.41) is 9.56. The number of rotatable bonds is 3. The molecular weight excluding hydrogens is 336 g/mol. The van der Waals surface area contributed by atoms with Gasteiger partial charge in [0.2, 0.25) is 5.91 Å². The van der Waals surface area contributed by atoms with Crippen LogP contribution in [-0.2, 0) is 24.3 Å². The molecule has 2 aliphatic heterocycles. The van der Waals surface area contributed by atoms with Crippen LogP contribution in [0.4, 0.5) is 0 Å². The average molecular weight is 364 g/mol. The van der Waals surface area contributed by atoms with Gasteiger partial charge in [0.25, 0.3) is 0 Å². The van der Waals surface area contributed by atoms with Gasteiger partial charge in [-0.05, 0) is 48.1 Å². The average Bonchev–Trinajstić information content (AvgIpc) is 2.98. The number of fused-ring (bicyclic) bond motifs is 1. The lowest BCUT2D eigenvalue weighted by Crippen LogP contribution is -2.51. The van der Waals surface area contributed by atoms with Gasteiger partial charge in [0.1, 0.15) is 5.75 Å². The third kappa shape index (κ3) is 4.16. The summed E-state index contributed by atoms with van der Waals surface area (Å²) in [6.45, 7) is 3.30. The summed E-state index contributed by atoms with van der Waals surface area (Å²) in [6.07, 6.45) is 5.48. The van der Waals surface area contributed by atoms with Crippen LogP contribution in [0.2, 0.25) is 0 Å². The quantitative estimate of drug-likeness (QED) is 0.903. The van der Waals surface area contributed by atoms with Gasteiger partial charge in [0.05, 0.1) is 6.04 Å². The molecule has 4 nitrogen and oxygen atoms in total. The van der Waals surface area contributed by atoms with Crippen LogP contribution >= 0.6 is 0 Å². The molecule has 27 heavy (non-hydrogen) atoms. The molecule has 1 saturated heterocycles. The molecule has 2 aliphatic rings. The zero-order chi connectivity index (χ0) is 18.6. The van der Waals surface area contributed by atoms with Crippen molar-refractivity contribution in [3.63, 3.8) is 0 Å². The van der Waals surface area contributed by atoms with E-state index in [0.717, 1.165) is 51.0 Å². The highest BCUT2D eigenvalue weighted by Crippen LogP contribution is 2.27. The topological polar surface area (TPSA) is 43.8 Å². The predicted octanol–water partition coefficient (Wildman–Crippen LogP) is 3.72. The Morgan fingerprint density at radius 3 is 2.30 bits per heavy atom. The molecule has 2 heterocycles. The van der Waals surface area contributed by atoms with Crippen molar-refractivity contribution in [1.82, 2.24) is 9.80 Å². The maximum Gasteiger partial charge on any atom is 0.240 e. The fourth-order valence-electron chi connectivity index (χ4n) is 4.32. The minimum Gasteiger partial charge on any atom is -0.508 e. The lowest BCUT2D eigenvalue weighted by molar-refractivity contribution is -0.138. The van der Waals surface area contributed by atoms with Crippen molar-refractivity contribution in [1.29, 1.82) is 0 Å². The van der Waals surface area contributed by atoms with Crippen LogP contribution in [0.3, 0.4) is 0 Å². The minimum atomic E-state index is -0.105. The van der Waals surface area contributed by atoms with Crippen LogP contribution in [-0.4, -0.2) is 39.9 Å². The summed E-state index contributed by atoms with van der Waals surface area (Å²) >= 11 is 0. The van der Waals surface area contributed by atoms with E-state index in [0.29, 0.717) is 0 Å². The summed E-state index contributed by atoms with van der Waals surface area (Å²) in [7, 11) is 0. The normalized spacial score (nSPS) is 20.7. The van der Waals surface area contributed by atoms with E-state index in [9.17, 15) is 9.90 Å². The van der Waals surface area contributed by atoms with Crippen molar-refractivity contribution in [3.8, 4) is 5.75 Å². The molecule has 0 saturated carbocycles. The molecule has 0 aromatic heterocycles. The highest BCUT2D eigenvalue weighted by Gasteiger charge is 2.34. The van der Waals surface area contributed by atoms with E-state index in [1.165, 1.54) is 24.0 Å². The van der Waals surface area contributed by atoms with Gasteiger partial charge in [0.15, 0.2) is 0 Å². The molecule has 4 rings (SSSR count). The first kappa shape index (κ1) is 18.1. The number of benzene rings is 2. The van der Waals surface area contributed by atoms with Gasteiger partial charge in [-0.15, -0.1) is 0 Å². The van der Waals surface area contributed by atoms with Gasteiger partial charge in [0, 0.05) is 26.2 Å². The number of carbonyl (C=O) groups is 1. The third-order valence-corrected chi connectivity index (χ3v) is 5.87. The second-order valence-electron chi connectivity index (χ2n) is 7.80. The molecule has 2 aromatic rings. The van der Waals surface area contributed by atoms with Crippen LogP contribution in [0.25, 0.3) is 0 Å². The Hall–Kier alpha value is -2.33. The van der Waals surface area contributed by atoms with Crippen molar-refractivity contribution >= 4 is 5.91 Å². The fraction of sp³-hybridized carbons (Fsp3) is 0.435. The lowest BCUT2D eigenvalue weighted by atomic mass is 9.92. The zero-order valence-corrected chi connectivity index (χ0v) is 15.8. The Bertz CT molecular complexity index is 779. The molecule has 0 bridgehead atoms. The maximum atomic E-state index is 13.4. The van der Waals surface area contributed by atoms with Gasteiger partial charge in [-0.2, -0.15) is 0 Å². The summed E-state index contributed by atoms with van der Waals surface area (Å²) in [4.78, 5) is 17.8. The van der Waals surface area contributed by atoms with Crippen LogP contribution in [0, 0.1) is 0 Å². The summed E-state index contributed by atoms with van der Waals surface area (Å²) in [5.74, 6) is 0.560. The van der Waals surface area contributed by atoms with Crippen LogP contribution in [0.15, 0.2) is 48.5 Å². The summed E-state index contributed by atoms with van der Waals surface area (Å²) in [5.41, 5.74) is 3.74. The summed E-state index contributed by atoms with van der Waals surface area (Å²) < 4.78 is 0. The van der Waals surface area contributed by atoms with Crippen molar-refractivity contribution in [3.05, 3.63) is 65.2 Å². The third-order valence-electron chi connectivity index (χ3n) is 5.87. The standard InChI is InChI=1S/C23H28N2O2/c26-21-11-9-18(10-12-21)16-25-17-20-8-4-3-7-19(20)15-22(25)23(27)24-13-5-1-2-6-14-24/h3-4,7-12,22,26H,1-2,5-6,13-17H2. The Morgan fingerprint density at radius 1 is 0.926 bits per heavy atom. The van der Waals surface area contributed by atoms with Crippen molar-refractivity contribution in [2.45, 2.75) is 51.2 Å². The second-order valence-corrected chi connectivity index (χ2v) is 7.80. The molecule has 1 unspecified atom stereocenters. The van der Waals surface area contributed by atoms with E-state index >= 15 is 0 Å². The van der Waals surface area contributed by atoms with Gasteiger partial charge in [-0.3, -0.25) is 9.69 Å². The molecule has 4 heteroatoms. The second kappa shape index (κ2) is 8.13. The highest BCUT2D eigenvalue weighted by atomic mass is 16.3. The van der Waals surface area contributed by atoms with E-state index in [1.807, 2.05) is 12.1 Å². The first-order chi connectivity index (χ1) is 13.2. The van der Waals surface area contributed by atoms with E-state index in [-0.39, 0.29) is 17.7 Å². The molecule has 1 N–H and O–H groups in total. The highest BCUT2D eigenvalue weighted by molar-refractivity contribution is 5.82. The van der Waals surface area contributed by atoms with E-state index in [4.69, 9.17) is 0 Å². The number of phenolic OH excluding ortho intramolecular Hbond substituents is 1. The molecule has 2 aromatic carbocycles. The van der Waals surface area contributed by atoms with Crippen LogP contribution in [0.5, 0.6) is 5.75 Å². The maximum absolute atomic E-state index is 13.4. The van der Waals surface area contributed by atoms with Crippen molar-refractivity contribution in [2.75, 3.05) is 13.1 Å². The number of likely N-dealkylation sites (tertiary alicyclic amines) is 1. The minimum absolute atomic E-state index is 0.105. The number of phenols is 1. The van der Waals surface area contributed by atoms with Gasteiger partial charge in [-0.25, -0.2) is 0 Å². The van der Waals surface area contributed by atoms with Gasteiger partial charge >= 0.3 is 0 Å². The van der Waals surface area contributed by atoms with Crippen LogP contribution < -0.4 is 0 Å².